The maximum absolute atomic E-state index is 13.3. The monoisotopic (exact) mass is 407 g/mol. The Hall–Kier alpha value is -2.57. The smallest absolute Gasteiger partial charge is 0.322 e. The van der Waals surface area contributed by atoms with Crippen LogP contribution in [0.2, 0.25) is 10.0 Å². The van der Waals surface area contributed by atoms with Crippen molar-refractivity contribution in [1.29, 1.82) is 0 Å². The molecule has 140 valence electrons. The summed E-state index contributed by atoms with van der Waals surface area (Å²) in [6, 6.07) is 8.33. The number of hydrogen-bond acceptors (Lipinski definition) is 2. The van der Waals surface area contributed by atoms with E-state index in [1.807, 2.05) is 6.92 Å². The lowest BCUT2D eigenvalue weighted by Crippen LogP contribution is -2.34. The summed E-state index contributed by atoms with van der Waals surface area (Å²) in [5, 5.41) is 3.98. The highest BCUT2D eigenvalue weighted by Crippen LogP contribution is 2.29. The van der Waals surface area contributed by atoms with E-state index in [9.17, 15) is 14.0 Å². The van der Waals surface area contributed by atoms with Gasteiger partial charge in [-0.2, -0.15) is 0 Å². The Labute approximate surface area is 164 Å². The van der Waals surface area contributed by atoms with E-state index < -0.39 is 11.8 Å². The number of fused-ring (bicyclic) bond motifs is 1. The van der Waals surface area contributed by atoms with Gasteiger partial charge in [-0.25, -0.2) is 9.18 Å². The fraction of sp³-hybridized carbons (Fsp3) is 0.158. The summed E-state index contributed by atoms with van der Waals surface area (Å²) in [5.74, 6) is -0.562. The van der Waals surface area contributed by atoms with Crippen LogP contribution < -0.4 is 10.9 Å². The first-order valence-electron chi connectivity index (χ1n) is 8.08. The van der Waals surface area contributed by atoms with Gasteiger partial charge in [0.1, 0.15) is 5.82 Å². The van der Waals surface area contributed by atoms with Crippen molar-refractivity contribution < 1.29 is 9.18 Å². The average Bonchev–Trinajstić information content (AvgIpc) is 2.64. The van der Waals surface area contributed by atoms with Gasteiger partial charge in [0, 0.05) is 18.9 Å². The van der Waals surface area contributed by atoms with Crippen LogP contribution in [0.1, 0.15) is 18.5 Å². The maximum Gasteiger partial charge on any atom is 0.322 e. The first-order chi connectivity index (χ1) is 12.8. The molecule has 0 fully saturated rings. The van der Waals surface area contributed by atoms with E-state index in [1.54, 1.807) is 31.4 Å². The van der Waals surface area contributed by atoms with Crippen molar-refractivity contribution in [1.82, 2.24) is 9.88 Å². The summed E-state index contributed by atoms with van der Waals surface area (Å²) in [4.78, 5) is 28.8. The molecule has 0 aliphatic carbocycles. The van der Waals surface area contributed by atoms with Crippen LogP contribution in [0.3, 0.4) is 0 Å². The summed E-state index contributed by atoms with van der Waals surface area (Å²) in [6.45, 7) is 1.82. The largest absolute Gasteiger partial charge is 0.328 e. The van der Waals surface area contributed by atoms with E-state index in [0.717, 1.165) is 5.56 Å². The van der Waals surface area contributed by atoms with Gasteiger partial charge in [0.15, 0.2) is 0 Å². The minimum atomic E-state index is -0.562. The van der Waals surface area contributed by atoms with Gasteiger partial charge in [-0.3, -0.25) is 4.79 Å². The van der Waals surface area contributed by atoms with Crippen LogP contribution >= 0.6 is 23.2 Å². The summed E-state index contributed by atoms with van der Waals surface area (Å²) >= 11 is 11.9. The molecule has 1 unspecified atom stereocenters. The average molecular weight is 408 g/mol. The topological polar surface area (TPSA) is 65.2 Å². The van der Waals surface area contributed by atoms with Crippen LogP contribution in [-0.4, -0.2) is 23.0 Å². The van der Waals surface area contributed by atoms with E-state index >= 15 is 0 Å². The van der Waals surface area contributed by atoms with E-state index in [-0.39, 0.29) is 16.6 Å². The lowest BCUT2D eigenvalue weighted by atomic mass is 10.0. The molecule has 3 rings (SSSR count). The minimum absolute atomic E-state index is 0.0789. The second-order valence-electron chi connectivity index (χ2n) is 6.08. The SMILES string of the molecule is CC(c1c[nH]c(=O)c2c(Cl)cccc12)N(C)C(=O)Nc1ccc(F)c(Cl)c1. The summed E-state index contributed by atoms with van der Waals surface area (Å²) in [5.41, 5.74) is 0.821. The normalized spacial score (nSPS) is 12.0. The zero-order valence-electron chi connectivity index (χ0n) is 14.5. The molecule has 0 saturated carbocycles. The lowest BCUT2D eigenvalue weighted by molar-refractivity contribution is 0.208. The molecule has 8 heteroatoms. The van der Waals surface area contributed by atoms with Gasteiger partial charge in [-0.15, -0.1) is 0 Å². The Morgan fingerprint density at radius 2 is 1.96 bits per heavy atom. The van der Waals surface area contributed by atoms with Crippen LogP contribution in [0.4, 0.5) is 14.9 Å². The number of aromatic amines is 1. The fourth-order valence-electron chi connectivity index (χ4n) is 2.80. The lowest BCUT2D eigenvalue weighted by Gasteiger charge is -2.26. The molecule has 0 spiro atoms. The number of pyridine rings is 1. The number of H-pyrrole nitrogens is 1. The molecule has 0 bridgehead atoms. The molecule has 5 nitrogen and oxygen atoms in total. The highest BCUT2D eigenvalue weighted by molar-refractivity contribution is 6.35. The van der Waals surface area contributed by atoms with E-state index in [2.05, 4.69) is 10.3 Å². The zero-order valence-corrected chi connectivity index (χ0v) is 16.0. The van der Waals surface area contributed by atoms with E-state index in [1.165, 1.54) is 23.1 Å². The molecule has 2 aromatic carbocycles. The molecule has 0 radical (unpaired) electrons. The second-order valence-corrected chi connectivity index (χ2v) is 6.90. The van der Waals surface area contributed by atoms with Crippen molar-refractivity contribution in [3.05, 3.63) is 74.4 Å². The molecule has 0 aliphatic heterocycles. The van der Waals surface area contributed by atoms with Gasteiger partial charge in [-0.05, 0) is 42.1 Å². The summed E-state index contributed by atoms with van der Waals surface area (Å²) in [6.07, 6.45) is 1.57. The van der Waals surface area contributed by atoms with E-state index in [4.69, 9.17) is 23.2 Å². The molecular formula is C19H16Cl2FN3O2. The number of carbonyl (C=O) groups excluding carboxylic acids is 1. The Morgan fingerprint density at radius 1 is 1.22 bits per heavy atom. The number of hydrogen-bond donors (Lipinski definition) is 2. The molecule has 0 aliphatic rings. The van der Waals surface area contributed by atoms with Gasteiger partial charge < -0.3 is 15.2 Å². The number of rotatable bonds is 3. The number of nitrogens with zero attached hydrogens (tertiary/aromatic N) is 1. The van der Waals surface area contributed by atoms with Crippen LogP contribution in [0.25, 0.3) is 10.8 Å². The van der Waals surface area contributed by atoms with Gasteiger partial charge >= 0.3 is 6.03 Å². The first-order valence-corrected chi connectivity index (χ1v) is 8.84. The molecule has 2 N–H and O–H groups in total. The molecule has 1 heterocycles. The molecular weight excluding hydrogens is 392 g/mol. The highest BCUT2D eigenvalue weighted by atomic mass is 35.5. The quantitative estimate of drug-likeness (QED) is 0.626. The third kappa shape index (κ3) is 3.77. The third-order valence-corrected chi connectivity index (χ3v) is 5.04. The van der Waals surface area contributed by atoms with Gasteiger partial charge in [-0.1, -0.05) is 35.3 Å². The van der Waals surface area contributed by atoms with Gasteiger partial charge in [0.25, 0.3) is 5.56 Å². The second kappa shape index (κ2) is 7.58. The van der Waals surface area contributed by atoms with Gasteiger partial charge in [0.2, 0.25) is 0 Å². The highest BCUT2D eigenvalue weighted by Gasteiger charge is 2.21. The molecule has 3 aromatic rings. The van der Waals surface area contributed by atoms with Crippen LogP contribution in [-0.2, 0) is 0 Å². The number of anilines is 1. The number of nitrogens with one attached hydrogen (secondary N) is 2. The number of urea groups is 1. The molecule has 1 atom stereocenters. The minimum Gasteiger partial charge on any atom is -0.328 e. The molecule has 1 aromatic heterocycles. The molecule has 2 amide bonds. The Kier molecular flexibility index (Phi) is 5.39. The fourth-order valence-corrected chi connectivity index (χ4v) is 3.25. The Morgan fingerprint density at radius 3 is 2.67 bits per heavy atom. The van der Waals surface area contributed by atoms with Crippen LogP contribution in [0.15, 0.2) is 47.4 Å². The summed E-state index contributed by atoms with van der Waals surface area (Å²) in [7, 11) is 1.62. The van der Waals surface area contributed by atoms with Crippen molar-refractivity contribution in [2.45, 2.75) is 13.0 Å². The maximum atomic E-state index is 13.3. The Bertz CT molecular complexity index is 1080. The standard InChI is InChI=1S/C19H16Cl2FN3O2/c1-10(13-9-23-18(26)17-12(13)4-3-5-14(17)20)25(2)19(27)24-11-6-7-16(22)15(21)8-11/h3-10H,1-2H3,(H,23,26)(H,24,27). The number of amides is 2. The zero-order chi connectivity index (χ0) is 19.7. The van der Waals surface area contributed by atoms with Gasteiger partial charge in [0.05, 0.1) is 21.5 Å². The van der Waals surface area contributed by atoms with Crippen LogP contribution in [0, 0.1) is 5.82 Å². The Balaban J connectivity index is 1.90. The van der Waals surface area contributed by atoms with Crippen molar-refractivity contribution in [2.24, 2.45) is 0 Å². The van der Waals surface area contributed by atoms with Crippen molar-refractivity contribution in [3.63, 3.8) is 0 Å². The predicted molar refractivity (Wildman–Crippen MR) is 106 cm³/mol. The van der Waals surface area contributed by atoms with Crippen molar-refractivity contribution in [3.8, 4) is 0 Å². The first kappa shape index (κ1) is 19.2. The summed E-state index contributed by atoms with van der Waals surface area (Å²) < 4.78 is 13.3. The number of aromatic nitrogens is 1. The van der Waals surface area contributed by atoms with Crippen molar-refractivity contribution >= 4 is 45.7 Å². The van der Waals surface area contributed by atoms with Crippen LogP contribution in [0.5, 0.6) is 0 Å². The number of carbonyl (C=O) groups is 1. The predicted octanol–water partition coefficient (Wildman–Crippen LogP) is 5.20. The number of benzene rings is 2. The third-order valence-electron chi connectivity index (χ3n) is 4.43. The molecule has 0 saturated heterocycles. The van der Waals surface area contributed by atoms with E-state index in [0.29, 0.717) is 21.5 Å². The van der Waals surface area contributed by atoms with Crippen molar-refractivity contribution in [2.75, 3.05) is 12.4 Å². The molecule has 27 heavy (non-hydrogen) atoms. The number of halogens is 3.